The molecule has 0 bridgehead atoms. The van der Waals surface area contributed by atoms with Crippen molar-refractivity contribution in [1.29, 1.82) is 0 Å². The maximum Gasteiger partial charge on any atom is 0.292 e. The van der Waals surface area contributed by atoms with Crippen LogP contribution in [0.1, 0.15) is 16.2 Å². The average Bonchev–Trinajstić information content (AvgIpc) is 2.62. The van der Waals surface area contributed by atoms with Gasteiger partial charge in [0.1, 0.15) is 0 Å². The Morgan fingerprint density at radius 3 is 2.81 bits per heavy atom. The Kier molecular flexibility index (Phi) is 4.67. The number of carbonyl (C=O) groups is 1. The van der Waals surface area contributed by atoms with Crippen LogP contribution in [0.3, 0.4) is 0 Å². The van der Waals surface area contributed by atoms with E-state index in [1.54, 1.807) is 6.92 Å². The maximum atomic E-state index is 12.2. The van der Waals surface area contributed by atoms with Crippen LogP contribution >= 0.6 is 11.6 Å². The molecule has 0 saturated heterocycles. The summed E-state index contributed by atoms with van der Waals surface area (Å²) in [5, 5.41) is 3.52. The van der Waals surface area contributed by atoms with Crippen molar-refractivity contribution in [3.63, 3.8) is 0 Å². The number of amides is 1. The van der Waals surface area contributed by atoms with E-state index in [9.17, 15) is 13.6 Å². The molecule has 0 spiro atoms. The lowest BCUT2D eigenvalue weighted by Gasteiger charge is -2.19. The summed E-state index contributed by atoms with van der Waals surface area (Å²) in [7, 11) is 0. The highest BCUT2D eigenvalue weighted by atomic mass is 35.5. The van der Waals surface area contributed by atoms with E-state index in [1.807, 2.05) is 0 Å². The van der Waals surface area contributed by atoms with E-state index in [2.05, 4.69) is 5.16 Å². The van der Waals surface area contributed by atoms with Crippen molar-refractivity contribution in [2.24, 2.45) is 0 Å². The highest BCUT2D eigenvalue weighted by Crippen LogP contribution is 2.09. The molecule has 90 valence electrons. The summed E-state index contributed by atoms with van der Waals surface area (Å²) < 4.78 is 29.1. The smallest absolute Gasteiger partial charge is 0.292 e. The van der Waals surface area contributed by atoms with Crippen molar-refractivity contribution in [3.8, 4) is 0 Å². The third kappa shape index (κ3) is 3.44. The van der Waals surface area contributed by atoms with Gasteiger partial charge < -0.3 is 9.42 Å². The Morgan fingerprint density at radius 2 is 2.38 bits per heavy atom. The second-order valence-corrected chi connectivity index (χ2v) is 3.54. The summed E-state index contributed by atoms with van der Waals surface area (Å²) >= 11 is 5.43. The molecular formula is C9H11ClF2N2O2. The third-order valence-electron chi connectivity index (χ3n) is 1.84. The average molecular weight is 253 g/mol. The molecule has 0 aliphatic carbocycles. The number of aryl methyl sites for hydroxylation is 1. The zero-order valence-electron chi connectivity index (χ0n) is 8.62. The summed E-state index contributed by atoms with van der Waals surface area (Å²) in [6.07, 6.45) is -2.60. The lowest BCUT2D eigenvalue weighted by Crippen LogP contribution is -2.36. The van der Waals surface area contributed by atoms with Crippen LogP contribution < -0.4 is 0 Å². The van der Waals surface area contributed by atoms with Gasteiger partial charge in [0.05, 0.1) is 12.2 Å². The molecule has 16 heavy (non-hydrogen) atoms. The van der Waals surface area contributed by atoms with E-state index in [1.165, 1.54) is 6.07 Å². The van der Waals surface area contributed by atoms with E-state index in [0.717, 1.165) is 4.90 Å². The summed E-state index contributed by atoms with van der Waals surface area (Å²) in [4.78, 5) is 12.6. The Morgan fingerprint density at radius 1 is 1.69 bits per heavy atom. The number of nitrogens with zero attached hydrogens (tertiary/aromatic N) is 2. The molecule has 4 nitrogen and oxygen atoms in total. The molecule has 0 fully saturated rings. The van der Waals surface area contributed by atoms with Crippen LogP contribution in [0.25, 0.3) is 0 Å². The molecule has 1 rings (SSSR count). The predicted molar refractivity (Wildman–Crippen MR) is 53.9 cm³/mol. The van der Waals surface area contributed by atoms with Gasteiger partial charge in [-0.1, -0.05) is 5.16 Å². The van der Waals surface area contributed by atoms with Gasteiger partial charge in [0, 0.05) is 18.5 Å². The molecule has 1 amide bonds. The minimum Gasteiger partial charge on any atom is -0.351 e. The minimum absolute atomic E-state index is 0.0461. The van der Waals surface area contributed by atoms with Crippen LogP contribution in [-0.4, -0.2) is 41.4 Å². The second kappa shape index (κ2) is 5.79. The fourth-order valence-electron chi connectivity index (χ4n) is 1.16. The van der Waals surface area contributed by atoms with Gasteiger partial charge in [0.2, 0.25) is 5.76 Å². The maximum absolute atomic E-state index is 12.2. The van der Waals surface area contributed by atoms with Crippen molar-refractivity contribution < 1.29 is 18.1 Å². The van der Waals surface area contributed by atoms with E-state index < -0.39 is 18.9 Å². The molecule has 7 heteroatoms. The number of hydrogen-bond acceptors (Lipinski definition) is 3. The van der Waals surface area contributed by atoms with E-state index in [-0.39, 0.29) is 18.2 Å². The van der Waals surface area contributed by atoms with Gasteiger partial charge in [0.15, 0.2) is 0 Å². The molecule has 0 radical (unpaired) electrons. The molecule has 0 aliphatic heterocycles. The first kappa shape index (κ1) is 12.9. The summed E-state index contributed by atoms with van der Waals surface area (Å²) in [5.41, 5.74) is 0.520. The number of halogens is 3. The predicted octanol–water partition coefficient (Wildman–Crippen LogP) is 1.93. The van der Waals surface area contributed by atoms with Crippen LogP contribution in [0, 0.1) is 6.92 Å². The van der Waals surface area contributed by atoms with Gasteiger partial charge >= 0.3 is 0 Å². The SMILES string of the molecule is Cc1cc(C(=O)N(CCCl)CC(F)F)on1. The third-order valence-corrected chi connectivity index (χ3v) is 2.01. The molecule has 1 aromatic rings. The zero-order chi connectivity index (χ0) is 12.1. The van der Waals surface area contributed by atoms with Crippen LogP contribution in [0.5, 0.6) is 0 Å². The molecule has 0 N–H and O–H groups in total. The lowest BCUT2D eigenvalue weighted by atomic mass is 10.3. The largest absolute Gasteiger partial charge is 0.351 e. The Labute approximate surface area is 96.1 Å². The molecule has 1 heterocycles. The van der Waals surface area contributed by atoms with Crippen molar-refractivity contribution in [2.75, 3.05) is 19.0 Å². The van der Waals surface area contributed by atoms with E-state index in [4.69, 9.17) is 16.1 Å². The number of hydrogen-bond donors (Lipinski definition) is 0. The molecular weight excluding hydrogens is 242 g/mol. The molecule has 0 aliphatic rings. The van der Waals surface area contributed by atoms with Gasteiger partial charge in [-0.15, -0.1) is 11.6 Å². The number of alkyl halides is 3. The monoisotopic (exact) mass is 252 g/mol. The summed E-state index contributed by atoms with van der Waals surface area (Å²) in [6.45, 7) is 1.02. The molecule has 0 atom stereocenters. The fourth-order valence-corrected chi connectivity index (χ4v) is 1.37. The quantitative estimate of drug-likeness (QED) is 0.753. The Hall–Kier alpha value is -1.17. The fraction of sp³-hybridized carbons (Fsp3) is 0.556. The summed E-state index contributed by atoms with van der Waals surface area (Å²) in [6, 6.07) is 1.40. The topological polar surface area (TPSA) is 46.3 Å². The second-order valence-electron chi connectivity index (χ2n) is 3.16. The molecule has 0 aromatic carbocycles. The van der Waals surface area contributed by atoms with Crippen molar-refractivity contribution in [2.45, 2.75) is 13.3 Å². The zero-order valence-corrected chi connectivity index (χ0v) is 9.38. The van der Waals surface area contributed by atoms with Crippen molar-refractivity contribution in [1.82, 2.24) is 10.1 Å². The van der Waals surface area contributed by atoms with Gasteiger partial charge in [-0.05, 0) is 6.92 Å². The molecule has 1 aromatic heterocycles. The van der Waals surface area contributed by atoms with Gasteiger partial charge in [-0.2, -0.15) is 0 Å². The number of rotatable bonds is 5. The highest BCUT2D eigenvalue weighted by molar-refractivity contribution is 6.18. The van der Waals surface area contributed by atoms with E-state index >= 15 is 0 Å². The van der Waals surface area contributed by atoms with Crippen LogP contribution in [0.15, 0.2) is 10.6 Å². The minimum atomic E-state index is -2.60. The molecule has 0 saturated carbocycles. The molecule has 0 unspecified atom stereocenters. The first-order valence-corrected chi connectivity index (χ1v) is 5.14. The van der Waals surface area contributed by atoms with Gasteiger partial charge in [-0.25, -0.2) is 8.78 Å². The number of aromatic nitrogens is 1. The van der Waals surface area contributed by atoms with Gasteiger partial charge in [-0.3, -0.25) is 4.79 Å². The number of carbonyl (C=O) groups excluding carboxylic acids is 1. The van der Waals surface area contributed by atoms with Crippen molar-refractivity contribution >= 4 is 17.5 Å². The normalized spacial score (nSPS) is 10.8. The first-order chi connectivity index (χ1) is 7.54. The van der Waals surface area contributed by atoms with E-state index in [0.29, 0.717) is 5.69 Å². The van der Waals surface area contributed by atoms with Gasteiger partial charge in [0.25, 0.3) is 12.3 Å². The van der Waals surface area contributed by atoms with Crippen LogP contribution in [0.4, 0.5) is 8.78 Å². The first-order valence-electron chi connectivity index (χ1n) is 4.61. The Balaban J connectivity index is 2.74. The van der Waals surface area contributed by atoms with Crippen LogP contribution in [-0.2, 0) is 0 Å². The van der Waals surface area contributed by atoms with Crippen molar-refractivity contribution in [3.05, 3.63) is 17.5 Å². The lowest BCUT2D eigenvalue weighted by molar-refractivity contribution is 0.0536. The highest BCUT2D eigenvalue weighted by Gasteiger charge is 2.22. The Bertz CT molecular complexity index is 357. The standard InChI is InChI=1S/C9H11ClF2N2O2/c1-6-4-7(16-13-6)9(15)14(3-2-10)5-8(11)12/h4,8H,2-3,5H2,1H3. The summed E-state index contributed by atoms with van der Waals surface area (Å²) in [5.74, 6) is -0.587. The van der Waals surface area contributed by atoms with Crippen LogP contribution in [0.2, 0.25) is 0 Å².